The first-order valence-electron chi connectivity index (χ1n) is 6.36. The number of rotatable bonds is 5. The first kappa shape index (κ1) is 10.2. The summed E-state index contributed by atoms with van der Waals surface area (Å²) in [5.41, 5.74) is 0. The zero-order valence-corrected chi connectivity index (χ0v) is 9.13. The Labute approximate surface area is 87.3 Å². The van der Waals surface area contributed by atoms with Crippen molar-refractivity contribution in [3.05, 3.63) is 0 Å². The monoisotopic (exact) mass is 194 g/mol. The van der Waals surface area contributed by atoms with Gasteiger partial charge in [-0.25, -0.2) is 0 Å². The van der Waals surface area contributed by atoms with Crippen molar-refractivity contribution < 1.29 is 4.79 Å². The molecule has 0 amide bonds. The Balaban J connectivity index is 1.59. The summed E-state index contributed by atoms with van der Waals surface area (Å²) in [4.78, 5) is 11.6. The quantitative estimate of drug-likeness (QED) is 0.652. The normalized spacial score (nSPS) is 23.7. The van der Waals surface area contributed by atoms with Gasteiger partial charge in [0.05, 0.1) is 0 Å². The fourth-order valence-electron chi connectivity index (χ4n) is 2.59. The van der Waals surface area contributed by atoms with Crippen molar-refractivity contribution in [2.45, 2.75) is 64.2 Å². The molecule has 0 radical (unpaired) electrons. The second kappa shape index (κ2) is 4.95. The zero-order valence-electron chi connectivity index (χ0n) is 9.13. The SMILES string of the molecule is O=C(CCC1CC1)CC1CCCCC1. The van der Waals surface area contributed by atoms with Crippen LogP contribution in [0.2, 0.25) is 0 Å². The van der Waals surface area contributed by atoms with E-state index in [0.29, 0.717) is 5.78 Å². The van der Waals surface area contributed by atoms with Crippen molar-refractivity contribution in [3.8, 4) is 0 Å². The summed E-state index contributed by atoms with van der Waals surface area (Å²) in [5.74, 6) is 2.21. The van der Waals surface area contributed by atoms with Gasteiger partial charge in [-0.2, -0.15) is 0 Å². The van der Waals surface area contributed by atoms with E-state index in [9.17, 15) is 4.79 Å². The van der Waals surface area contributed by atoms with Crippen LogP contribution in [0.1, 0.15) is 64.2 Å². The molecule has 0 bridgehead atoms. The molecule has 2 aliphatic carbocycles. The molecule has 0 N–H and O–H groups in total. The predicted molar refractivity (Wildman–Crippen MR) is 58.2 cm³/mol. The molecule has 0 aliphatic heterocycles. The van der Waals surface area contributed by atoms with E-state index in [4.69, 9.17) is 0 Å². The van der Waals surface area contributed by atoms with Crippen molar-refractivity contribution in [1.29, 1.82) is 0 Å². The van der Waals surface area contributed by atoms with Crippen molar-refractivity contribution in [1.82, 2.24) is 0 Å². The Kier molecular flexibility index (Phi) is 3.61. The Bertz CT molecular complexity index is 187. The van der Waals surface area contributed by atoms with Gasteiger partial charge in [0, 0.05) is 12.8 Å². The van der Waals surface area contributed by atoms with Gasteiger partial charge in [0.25, 0.3) is 0 Å². The Hall–Kier alpha value is -0.330. The maximum Gasteiger partial charge on any atom is 0.133 e. The van der Waals surface area contributed by atoms with E-state index < -0.39 is 0 Å². The maximum absolute atomic E-state index is 11.6. The first-order chi connectivity index (χ1) is 6.84. The molecule has 2 fully saturated rings. The molecule has 2 rings (SSSR count). The second-order valence-electron chi connectivity index (χ2n) is 5.23. The van der Waals surface area contributed by atoms with Crippen LogP contribution in [0.5, 0.6) is 0 Å². The fourth-order valence-corrected chi connectivity index (χ4v) is 2.59. The number of carbonyl (C=O) groups is 1. The summed E-state index contributed by atoms with van der Waals surface area (Å²) in [6, 6.07) is 0. The molecule has 2 saturated carbocycles. The Morgan fingerprint density at radius 3 is 2.29 bits per heavy atom. The molecule has 0 saturated heterocycles. The minimum atomic E-state index is 0.545. The molecule has 0 aromatic carbocycles. The molecule has 1 nitrogen and oxygen atoms in total. The number of Topliss-reactive ketones (excluding diaryl/α,β-unsaturated/α-hetero) is 1. The molecule has 0 atom stereocenters. The van der Waals surface area contributed by atoms with Crippen LogP contribution in [-0.2, 0) is 4.79 Å². The minimum absolute atomic E-state index is 0.545. The molecule has 0 aromatic rings. The third kappa shape index (κ3) is 3.43. The van der Waals surface area contributed by atoms with Crippen LogP contribution in [0.25, 0.3) is 0 Å². The van der Waals surface area contributed by atoms with E-state index in [0.717, 1.165) is 24.7 Å². The maximum atomic E-state index is 11.6. The molecule has 1 heteroatoms. The summed E-state index contributed by atoms with van der Waals surface area (Å²) in [7, 11) is 0. The van der Waals surface area contributed by atoms with Gasteiger partial charge < -0.3 is 0 Å². The summed E-state index contributed by atoms with van der Waals surface area (Å²) in [6.45, 7) is 0. The van der Waals surface area contributed by atoms with Crippen LogP contribution in [0.4, 0.5) is 0 Å². The smallest absolute Gasteiger partial charge is 0.133 e. The summed E-state index contributed by atoms with van der Waals surface area (Å²) in [6.07, 6.45) is 12.5. The van der Waals surface area contributed by atoms with Crippen molar-refractivity contribution in [2.75, 3.05) is 0 Å². The van der Waals surface area contributed by atoms with E-state index in [1.807, 2.05) is 0 Å². The molecule has 0 aromatic heterocycles. The molecule has 0 unspecified atom stereocenters. The lowest BCUT2D eigenvalue weighted by Gasteiger charge is -2.20. The van der Waals surface area contributed by atoms with Crippen molar-refractivity contribution >= 4 is 5.78 Å². The van der Waals surface area contributed by atoms with Crippen LogP contribution in [-0.4, -0.2) is 5.78 Å². The van der Waals surface area contributed by atoms with Crippen LogP contribution in [0.15, 0.2) is 0 Å². The lowest BCUT2D eigenvalue weighted by molar-refractivity contribution is -0.120. The summed E-state index contributed by atoms with van der Waals surface area (Å²) in [5, 5.41) is 0. The average molecular weight is 194 g/mol. The van der Waals surface area contributed by atoms with Crippen LogP contribution < -0.4 is 0 Å². The van der Waals surface area contributed by atoms with E-state index >= 15 is 0 Å². The molecule has 2 aliphatic rings. The largest absolute Gasteiger partial charge is 0.300 e. The van der Waals surface area contributed by atoms with Crippen LogP contribution >= 0.6 is 0 Å². The molecule has 0 heterocycles. The lowest BCUT2D eigenvalue weighted by Crippen LogP contribution is -2.12. The van der Waals surface area contributed by atoms with E-state index in [-0.39, 0.29) is 0 Å². The molecule has 80 valence electrons. The third-order valence-electron chi connectivity index (χ3n) is 3.77. The highest BCUT2D eigenvalue weighted by molar-refractivity contribution is 5.78. The highest BCUT2D eigenvalue weighted by Crippen LogP contribution is 2.34. The van der Waals surface area contributed by atoms with Gasteiger partial charge in [-0.3, -0.25) is 4.79 Å². The standard InChI is InChI=1S/C13H22O/c14-13(9-8-11-6-7-11)10-12-4-2-1-3-5-12/h11-12H,1-10H2. The van der Waals surface area contributed by atoms with Gasteiger partial charge in [0.2, 0.25) is 0 Å². The number of hydrogen-bond donors (Lipinski definition) is 0. The number of carbonyl (C=O) groups excluding carboxylic acids is 1. The van der Waals surface area contributed by atoms with E-state index in [1.54, 1.807) is 0 Å². The average Bonchev–Trinajstić information content (AvgIpc) is 3.00. The molecule has 0 spiro atoms. The summed E-state index contributed by atoms with van der Waals surface area (Å²) < 4.78 is 0. The Morgan fingerprint density at radius 1 is 0.929 bits per heavy atom. The molecular formula is C13H22O. The lowest BCUT2D eigenvalue weighted by atomic mass is 9.85. The first-order valence-corrected chi connectivity index (χ1v) is 6.36. The van der Waals surface area contributed by atoms with Gasteiger partial charge in [-0.15, -0.1) is 0 Å². The second-order valence-corrected chi connectivity index (χ2v) is 5.23. The Morgan fingerprint density at radius 2 is 1.64 bits per heavy atom. The summed E-state index contributed by atoms with van der Waals surface area (Å²) >= 11 is 0. The fraction of sp³-hybridized carbons (Fsp3) is 0.923. The molecule has 14 heavy (non-hydrogen) atoms. The van der Waals surface area contributed by atoms with Crippen LogP contribution in [0.3, 0.4) is 0 Å². The van der Waals surface area contributed by atoms with Crippen LogP contribution in [0, 0.1) is 11.8 Å². The van der Waals surface area contributed by atoms with Crippen molar-refractivity contribution in [2.24, 2.45) is 11.8 Å². The van der Waals surface area contributed by atoms with E-state index in [1.165, 1.54) is 51.4 Å². The van der Waals surface area contributed by atoms with Gasteiger partial charge in [0.1, 0.15) is 5.78 Å². The predicted octanol–water partition coefficient (Wildman–Crippen LogP) is 3.72. The van der Waals surface area contributed by atoms with Crippen molar-refractivity contribution in [3.63, 3.8) is 0 Å². The highest BCUT2D eigenvalue weighted by atomic mass is 16.1. The van der Waals surface area contributed by atoms with Gasteiger partial charge in [-0.05, 0) is 18.3 Å². The molecular weight excluding hydrogens is 172 g/mol. The van der Waals surface area contributed by atoms with Gasteiger partial charge in [-0.1, -0.05) is 44.9 Å². The highest BCUT2D eigenvalue weighted by Gasteiger charge is 2.23. The van der Waals surface area contributed by atoms with E-state index in [2.05, 4.69) is 0 Å². The third-order valence-corrected chi connectivity index (χ3v) is 3.77. The number of hydrogen-bond acceptors (Lipinski definition) is 1. The van der Waals surface area contributed by atoms with Gasteiger partial charge in [0.15, 0.2) is 0 Å². The number of ketones is 1. The minimum Gasteiger partial charge on any atom is -0.300 e. The topological polar surface area (TPSA) is 17.1 Å². The van der Waals surface area contributed by atoms with Gasteiger partial charge >= 0.3 is 0 Å². The zero-order chi connectivity index (χ0) is 9.80.